The van der Waals surface area contributed by atoms with Gasteiger partial charge >= 0.3 is 0 Å². The van der Waals surface area contributed by atoms with Crippen molar-refractivity contribution >= 4 is 11.9 Å². The van der Waals surface area contributed by atoms with Gasteiger partial charge < -0.3 is 25.4 Å². The lowest BCUT2D eigenvalue weighted by molar-refractivity contribution is 0.0487. The second kappa shape index (κ2) is 15.8. The first-order valence-electron chi connectivity index (χ1n) is 10.6. The maximum Gasteiger partial charge on any atom is 0.251 e. The quantitative estimate of drug-likeness (QED) is 0.251. The Hall–Kier alpha value is -2.12. The molecule has 0 saturated heterocycles. The third-order valence-corrected chi connectivity index (χ3v) is 4.44. The SMILES string of the molecule is CCCCOCCOCCNC(=NC)NCc1ccc(C(=O)NC(C)CC)cc1. The van der Waals surface area contributed by atoms with Crippen LogP contribution in [-0.4, -0.2) is 57.9 Å². The normalized spacial score (nSPS) is 12.5. The third-order valence-electron chi connectivity index (χ3n) is 4.44. The minimum atomic E-state index is -0.0351. The molecule has 1 aromatic rings. The number of unbranched alkanes of at least 4 members (excludes halogenated alkanes) is 1. The van der Waals surface area contributed by atoms with Gasteiger partial charge in [0.25, 0.3) is 5.91 Å². The Balaban J connectivity index is 2.23. The van der Waals surface area contributed by atoms with Crippen LogP contribution >= 0.6 is 0 Å². The molecule has 1 atom stereocenters. The average Bonchev–Trinajstić information content (AvgIpc) is 2.74. The van der Waals surface area contributed by atoms with Crippen LogP contribution in [0.5, 0.6) is 0 Å². The summed E-state index contributed by atoms with van der Waals surface area (Å²) in [5, 5.41) is 9.45. The summed E-state index contributed by atoms with van der Waals surface area (Å²) < 4.78 is 11.0. The molecule has 1 rings (SSSR count). The lowest BCUT2D eigenvalue weighted by atomic mass is 10.1. The van der Waals surface area contributed by atoms with Crippen LogP contribution in [0.3, 0.4) is 0 Å². The number of guanidine groups is 1. The van der Waals surface area contributed by atoms with Gasteiger partial charge in [-0.05, 0) is 37.5 Å². The van der Waals surface area contributed by atoms with E-state index in [9.17, 15) is 4.79 Å². The zero-order valence-electron chi connectivity index (χ0n) is 18.4. The average molecular weight is 407 g/mol. The van der Waals surface area contributed by atoms with Crippen molar-refractivity contribution < 1.29 is 14.3 Å². The number of ether oxygens (including phenoxy) is 2. The molecule has 0 aliphatic heterocycles. The molecule has 1 amide bonds. The van der Waals surface area contributed by atoms with Crippen LogP contribution in [0.4, 0.5) is 0 Å². The first-order valence-corrected chi connectivity index (χ1v) is 10.6. The highest BCUT2D eigenvalue weighted by atomic mass is 16.5. The minimum Gasteiger partial charge on any atom is -0.379 e. The van der Waals surface area contributed by atoms with Crippen molar-refractivity contribution in [1.82, 2.24) is 16.0 Å². The van der Waals surface area contributed by atoms with Gasteiger partial charge in [0.2, 0.25) is 0 Å². The van der Waals surface area contributed by atoms with Gasteiger partial charge in [0.05, 0.1) is 19.8 Å². The summed E-state index contributed by atoms with van der Waals surface area (Å²) in [6, 6.07) is 7.78. The molecule has 0 spiro atoms. The fraction of sp³-hybridized carbons (Fsp3) is 0.636. The number of aliphatic imine (C=N–C) groups is 1. The standard InChI is InChI=1S/C22H38N4O3/c1-5-7-13-28-15-16-29-14-12-24-22(23-4)25-17-19-8-10-20(11-9-19)21(27)26-18(3)6-2/h8-11,18H,5-7,12-17H2,1-4H3,(H,26,27)(H2,23,24,25). The zero-order chi connectivity index (χ0) is 21.3. The van der Waals surface area contributed by atoms with Crippen LogP contribution in [0.15, 0.2) is 29.3 Å². The van der Waals surface area contributed by atoms with Crippen molar-refractivity contribution in [2.75, 3.05) is 40.0 Å². The van der Waals surface area contributed by atoms with Crippen LogP contribution in [0, 0.1) is 0 Å². The minimum absolute atomic E-state index is 0.0351. The number of nitrogens with one attached hydrogen (secondary N) is 3. The molecule has 7 nitrogen and oxygen atoms in total. The molecular formula is C22H38N4O3. The molecule has 29 heavy (non-hydrogen) atoms. The van der Waals surface area contributed by atoms with Crippen molar-refractivity contribution in [3.05, 3.63) is 35.4 Å². The van der Waals surface area contributed by atoms with Gasteiger partial charge in [-0.2, -0.15) is 0 Å². The summed E-state index contributed by atoms with van der Waals surface area (Å²) >= 11 is 0. The molecular weight excluding hydrogens is 368 g/mol. The second-order valence-corrected chi connectivity index (χ2v) is 6.91. The Labute approximate surface area is 175 Å². The Kier molecular flexibility index (Phi) is 13.5. The summed E-state index contributed by atoms with van der Waals surface area (Å²) in [7, 11) is 1.74. The van der Waals surface area contributed by atoms with E-state index in [1.165, 1.54) is 0 Å². The first kappa shape index (κ1) is 24.9. The summed E-state index contributed by atoms with van der Waals surface area (Å²) in [5.74, 6) is 0.679. The molecule has 0 bridgehead atoms. The first-order chi connectivity index (χ1) is 14.1. The van der Waals surface area contributed by atoms with Crippen molar-refractivity contribution in [2.45, 2.75) is 52.6 Å². The largest absolute Gasteiger partial charge is 0.379 e. The molecule has 1 aromatic carbocycles. The van der Waals surface area contributed by atoms with Crippen LogP contribution in [0.1, 0.15) is 56.0 Å². The summed E-state index contributed by atoms with van der Waals surface area (Å²) in [5.41, 5.74) is 1.75. The Morgan fingerprint density at radius 3 is 2.34 bits per heavy atom. The number of hydrogen-bond donors (Lipinski definition) is 3. The van der Waals surface area contributed by atoms with E-state index >= 15 is 0 Å². The smallest absolute Gasteiger partial charge is 0.251 e. The molecule has 0 aromatic heterocycles. The second-order valence-electron chi connectivity index (χ2n) is 6.91. The molecule has 0 radical (unpaired) electrons. The van der Waals surface area contributed by atoms with Crippen LogP contribution in [0.25, 0.3) is 0 Å². The van der Waals surface area contributed by atoms with Crippen LogP contribution < -0.4 is 16.0 Å². The van der Waals surface area contributed by atoms with Gasteiger partial charge in [-0.15, -0.1) is 0 Å². The third kappa shape index (κ3) is 11.5. The van der Waals surface area contributed by atoms with Gasteiger partial charge in [0.1, 0.15) is 0 Å². The molecule has 0 aliphatic carbocycles. The van der Waals surface area contributed by atoms with Crippen molar-refractivity contribution in [2.24, 2.45) is 4.99 Å². The Morgan fingerprint density at radius 1 is 1.03 bits per heavy atom. The van der Waals surface area contributed by atoms with Crippen molar-refractivity contribution in [3.8, 4) is 0 Å². The Morgan fingerprint density at radius 2 is 1.72 bits per heavy atom. The fourth-order valence-corrected chi connectivity index (χ4v) is 2.40. The molecule has 3 N–H and O–H groups in total. The Bertz CT molecular complexity index is 590. The highest BCUT2D eigenvalue weighted by Gasteiger charge is 2.08. The maximum absolute atomic E-state index is 12.1. The summed E-state index contributed by atoms with van der Waals surface area (Å²) in [6.07, 6.45) is 3.16. The lowest BCUT2D eigenvalue weighted by Gasteiger charge is -2.13. The van der Waals surface area contributed by atoms with E-state index in [1.807, 2.05) is 31.2 Å². The van der Waals surface area contributed by atoms with E-state index in [0.717, 1.165) is 31.4 Å². The van der Waals surface area contributed by atoms with E-state index in [0.29, 0.717) is 44.4 Å². The highest BCUT2D eigenvalue weighted by molar-refractivity contribution is 5.94. The van der Waals surface area contributed by atoms with E-state index in [-0.39, 0.29) is 11.9 Å². The van der Waals surface area contributed by atoms with Crippen molar-refractivity contribution in [1.29, 1.82) is 0 Å². The van der Waals surface area contributed by atoms with Gasteiger partial charge in [-0.25, -0.2) is 0 Å². The van der Waals surface area contributed by atoms with Crippen LogP contribution in [-0.2, 0) is 16.0 Å². The summed E-state index contributed by atoms with van der Waals surface area (Å²) in [4.78, 5) is 16.3. The van der Waals surface area contributed by atoms with Gasteiger partial charge in [0.15, 0.2) is 5.96 Å². The highest BCUT2D eigenvalue weighted by Crippen LogP contribution is 2.05. The predicted molar refractivity (Wildman–Crippen MR) is 118 cm³/mol. The molecule has 0 fully saturated rings. The number of carbonyl (C=O) groups is 1. The number of rotatable bonds is 14. The van der Waals surface area contributed by atoms with E-state index < -0.39 is 0 Å². The number of hydrogen-bond acceptors (Lipinski definition) is 4. The zero-order valence-corrected chi connectivity index (χ0v) is 18.4. The predicted octanol–water partition coefficient (Wildman–Crippen LogP) is 2.71. The van der Waals surface area contributed by atoms with E-state index in [4.69, 9.17) is 9.47 Å². The van der Waals surface area contributed by atoms with Crippen LogP contribution in [0.2, 0.25) is 0 Å². The summed E-state index contributed by atoms with van der Waals surface area (Å²) in [6.45, 7) is 10.1. The molecule has 164 valence electrons. The number of carbonyl (C=O) groups excluding carboxylic acids is 1. The molecule has 1 unspecified atom stereocenters. The lowest BCUT2D eigenvalue weighted by Crippen LogP contribution is -2.38. The van der Waals surface area contributed by atoms with Gasteiger partial charge in [-0.3, -0.25) is 9.79 Å². The number of nitrogens with zero attached hydrogens (tertiary/aromatic N) is 1. The maximum atomic E-state index is 12.1. The number of amides is 1. The van der Waals surface area contributed by atoms with Gasteiger partial charge in [-0.1, -0.05) is 32.4 Å². The van der Waals surface area contributed by atoms with E-state index in [2.05, 4.69) is 34.8 Å². The molecule has 7 heteroatoms. The topological polar surface area (TPSA) is 84.0 Å². The number of benzene rings is 1. The fourth-order valence-electron chi connectivity index (χ4n) is 2.40. The van der Waals surface area contributed by atoms with Crippen molar-refractivity contribution in [3.63, 3.8) is 0 Å². The molecule has 0 heterocycles. The molecule has 0 aliphatic rings. The molecule has 0 saturated carbocycles. The van der Waals surface area contributed by atoms with Gasteiger partial charge in [0, 0.05) is 38.3 Å². The van der Waals surface area contributed by atoms with E-state index in [1.54, 1.807) is 7.05 Å². The monoisotopic (exact) mass is 406 g/mol.